The van der Waals surface area contributed by atoms with Crippen LogP contribution in [0.4, 0.5) is 0 Å². The van der Waals surface area contributed by atoms with E-state index in [0.717, 1.165) is 32.1 Å². The molecule has 4 unspecified atom stereocenters. The fourth-order valence-electron chi connectivity index (χ4n) is 4.41. The van der Waals surface area contributed by atoms with Gasteiger partial charge in [-0.1, -0.05) is 6.42 Å². The Morgan fingerprint density at radius 2 is 1.65 bits per heavy atom. The molecule has 1 N–H and O–H groups in total. The van der Waals surface area contributed by atoms with Crippen LogP contribution < -0.4 is 0 Å². The zero-order valence-corrected chi connectivity index (χ0v) is 11.6. The van der Waals surface area contributed by atoms with Crippen LogP contribution in [-0.2, 0) is 14.4 Å². The van der Waals surface area contributed by atoms with Crippen molar-refractivity contribution in [3.05, 3.63) is 0 Å². The van der Waals surface area contributed by atoms with Gasteiger partial charge in [-0.2, -0.15) is 0 Å². The smallest absolute Gasteiger partial charge is 0.303 e. The van der Waals surface area contributed by atoms with Crippen LogP contribution >= 0.6 is 0 Å². The molecule has 5 heteroatoms. The Hall–Kier alpha value is -1.39. The van der Waals surface area contributed by atoms with E-state index >= 15 is 0 Å². The van der Waals surface area contributed by atoms with Crippen molar-refractivity contribution >= 4 is 17.8 Å². The van der Waals surface area contributed by atoms with Crippen LogP contribution in [0.2, 0.25) is 0 Å². The van der Waals surface area contributed by atoms with Gasteiger partial charge in [0.05, 0.1) is 11.8 Å². The van der Waals surface area contributed by atoms with E-state index in [1.165, 1.54) is 4.90 Å². The highest BCUT2D eigenvalue weighted by Crippen LogP contribution is 2.56. The first-order chi connectivity index (χ1) is 9.59. The number of nitrogens with zero attached hydrogens (tertiary/aromatic N) is 1. The van der Waals surface area contributed by atoms with Crippen LogP contribution in [0.25, 0.3) is 0 Å². The maximum absolute atomic E-state index is 12.4. The number of rotatable bonds is 6. The van der Waals surface area contributed by atoms with Crippen molar-refractivity contribution in [2.75, 3.05) is 6.54 Å². The summed E-state index contributed by atoms with van der Waals surface area (Å²) in [4.78, 5) is 36.6. The third kappa shape index (κ3) is 2.13. The molecule has 3 aliphatic rings. The lowest BCUT2D eigenvalue weighted by atomic mass is 9.81. The zero-order valence-electron chi connectivity index (χ0n) is 11.6. The van der Waals surface area contributed by atoms with Crippen molar-refractivity contribution in [1.29, 1.82) is 0 Å². The highest BCUT2D eigenvalue weighted by atomic mass is 16.4. The van der Waals surface area contributed by atoms with E-state index in [9.17, 15) is 14.4 Å². The lowest BCUT2D eigenvalue weighted by Gasteiger charge is -2.19. The summed E-state index contributed by atoms with van der Waals surface area (Å²) >= 11 is 0. The van der Waals surface area contributed by atoms with Crippen LogP contribution in [0.5, 0.6) is 0 Å². The molecule has 3 rings (SSSR count). The number of amides is 2. The summed E-state index contributed by atoms with van der Waals surface area (Å²) in [5, 5.41) is 8.56. The number of fused-ring (bicyclic) bond motifs is 5. The quantitative estimate of drug-likeness (QED) is 0.592. The third-order valence-electron chi connectivity index (χ3n) is 5.29. The number of carboxylic acid groups (broad SMARTS) is 1. The maximum atomic E-state index is 12.4. The van der Waals surface area contributed by atoms with Crippen LogP contribution in [-0.4, -0.2) is 34.3 Å². The second kappa shape index (κ2) is 5.19. The van der Waals surface area contributed by atoms with Gasteiger partial charge in [0, 0.05) is 13.0 Å². The standard InChI is InChI=1S/C15H21NO4/c17-11(18)4-2-1-3-7-16-14(19)12-9-5-6-10(8-9)13(12)15(16)20/h9-10,12-13H,1-8H2,(H,17,18). The summed E-state index contributed by atoms with van der Waals surface area (Å²) in [6, 6.07) is 0. The molecular formula is C15H21NO4. The number of aliphatic carboxylic acids is 1. The SMILES string of the molecule is O=C(O)CCCCCN1C(=O)C2C3CCC(C3)C2C1=O. The van der Waals surface area contributed by atoms with E-state index in [-0.39, 0.29) is 30.1 Å². The molecule has 5 nitrogen and oxygen atoms in total. The predicted octanol–water partition coefficient (Wildman–Crippen LogP) is 1.66. The highest BCUT2D eigenvalue weighted by molar-refractivity contribution is 6.06. The van der Waals surface area contributed by atoms with E-state index < -0.39 is 5.97 Å². The summed E-state index contributed by atoms with van der Waals surface area (Å²) in [6.45, 7) is 0.476. The Kier molecular flexibility index (Phi) is 3.52. The van der Waals surface area contributed by atoms with Crippen molar-refractivity contribution in [3.8, 4) is 0 Å². The molecule has 0 aromatic rings. The van der Waals surface area contributed by atoms with Crippen molar-refractivity contribution in [1.82, 2.24) is 4.90 Å². The summed E-state index contributed by atoms with van der Waals surface area (Å²) in [5.74, 6) is 0.137. The number of carbonyl (C=O) groups excluding carboxylic acids is 2. The van der Waals surface area contributed by atoms with Crippen molar-refractivity contribution in [2.45, 2.75) is 44.9 Å². The van der Waals surface area contributed by atoms with E-state index in [0.29, 0.717) is 24.8 Å². The Bertz CT molecular complexity index is 419. The van der Waals surface area contributed by atoms with Gasteiger partial charge in [-0.3, -0.25) is 19.3 Å². The minimum absolute atomic E-state index is 0.0275. The average molecular weight is 279 g/mol. The maximum Gasteiger partial charge on any atom is 0.303 e. The Morgan fingerprint density at radius 1 is 1.05 bits per heavy atom. The average Bonchev–Trinajstić information content (AvgIpc) is 3.06. The Balaban J connectivity index is 1.52. The van der Waals surface area contributed by atoms with E-state index in [2.05, 4.69) is 0 Å². The van der Waals surface area contributed by atoms with Crippen LogP contribution in [0.1, 0.15) is 44.9 Å². The van der Waals surface area contributed by atoms with Gasteiger partial charge in [-0.15, -0.1) is 0 Å². The predicted molar refractivity (Wildman–Crippen MR) is 70.6 cm³/mol. The summed E-state index contributed by atoms with van der Waals surface area (Å²) < 4.78 is 0. The molecule has 0 aromatic carbocycles. The summed E-state index contributed by atoms with van der Waals surface area (Å²) in [7, 11) is 0. The van der Waals surface area contributed by atoms with Crippen molar-refractivity contribution < 1.29 is 19.5 Å². The molecule has 1 aliphatic heterocycles. The number of hydrogen-bond donors (Lipinski definition) is 1. The monoisotopic (exact) mass is 279 g/mol. The first-order valence-corrected chi connectivity index (χ1v) is 7.66. The molecule has 2 bridgehead atoms. The van der Waals surface area contributed by atoms with Gasteiger partial charge in [-0.25, -0.2) is 0 Å². The molecule has 1 saturated heterocycles. The number of carboxylic acids is 1. The second-order valence-corrected chi connectivity index (χ2v) is 6.42. The molecule has 20 heavy (non-hydrogen) atoms. The molecule has 0 aromatic heterocycles. The number of unbranched alkanes of at least 4 members (excludes halogenated alkanes) is 2. The summed E-state index contributed by atoms with van der Waals surface area (Å²) in [5.41, 5.74) is 0. The molecule has 2 aliphatic carbocycles. The first kappa shape index (κ1) is 13.6. The Labute approximate surface area is 118 Å². The van der Waals surface area contributed by atoms with E-state index in [4.69, 9.17) is 5.11 Å². The van der Waals surface area contributed by atoms with Gasteiger partial charge in [0.25, 0.3) is 0 Å². The van der Waals surface area contributed by atoms with Gasteiger partial charge in [0.1, 0.15) is 0 Å². The molecule has 2 saturated carbocycles. The molecule has 3 fully saturated rings. The van der Waals surface area contributed by atoms with Gasteiger partial charge in [0.2, 0.25) is 11.8 Å². The zero-order chi connectivity index (χ0) is 14.3. The number of carbonyl (C=O) groups is 3. The van der Waals surface area contributed by atoms with E-state index in [1.54, 1.807) is 0 Å². The van der Waals surface area contributed by atoms with Crippen molar-refractivity contribution in [2.24, 2.45) is 23.7 Å². The van der Waals surface area contributed by atoms with Gasteiger partial charge < -0.3 is 5.11 Å². The second-order valence-electron chi connectivity index (χ2n) is 6.42. The molecule has 0 radical (unpaired) electrons. The Morgan fingerprint density at radius 3 is 2.20 bits per heavy atom. The van der Waals surface area contributed by atoms with Crippen molar-refractivity contribution in [3.63, 3.8) is 0 Å². The number of likely N-dealkylation sites (tertiary alicyclic amines) is 1. The third-order valence-corrected chi connectivity index (χ3v) is 5.29. The van der Waals surface area contributed by atoms with Crippen LogP contribution in [0, 0.1) is 23.7 Å². The minimum atomic E-state index is -0.788. The van der Waals surface area contributed by atoms with Gasteiger partial charge in [-0.05, 0) is 43.9 Å². The fourth-order valence-corrected chi connectivity index (χ4v) is 4.41. The molecule has 2 amide bonds. The van der Waals surface area contributed by atoms with Gasteiger partial charge in [0.15, 0.2) is 0 Å². The normalized spacial score (nSPS) is 34.9. The lowest BCUT2D eigenvalue weighted by molar-refractivity contribution is -0.141. The first-order valence-electron chi connectivity index (χ1n) is 7.66. The largest absolute Gasteiger partial charge is 0.481 e. The van der Waals surface area contributed by atoms with Crippen LogP contribution in [0.15, 0.2) is 0 Å². The lowest BCUT2D eigenvalue weighted by Crippen LogP contribution is -2.33. The molecule has 1 heterocycles. The highest BCUT2D eigenvalue weighted by Gasteiger charge is 2.60. The minimum Gasteiger partial charge on any atom is -0.481 e. The van der Waals surface area contributed by atoms with Crippen LogP contribution in [0.3, 0.4) is 0 Å². The molecule has 110 valence electrons. The summed E-state index contributed by atoms with van der Waals surface area (Å²) in [6.07, 6.45) is 5.54. The number of imide groups is 1. The molecule has 0 spiro atoms. The molecular weight excluding hydrogens is 258 g/mol. The van der Waals surface area contributed by atoms with E-state index in [1.807, 2.05) is 0 Å². The number of hydrogen-bond acceptors (Lipinski definition) is 3. The topological polar surface area (TPSA) is 74.7 Å². The van der Waals surface area contributed by atoms with Gasteiger partial charge >= 0.3 is 5.97 Å². The molecule has 4 atom stereocenters. The fraction of sp³-hybridized carbons (Fsp3) is 0.800.